The largest absolute Gasteiger partial charge is 0.353 e. The first-order valence-electron chi connectivity index (χ1n) is 11.3. The summed E-state index contributed by atoms with van der Waals surface area (Å²) in [6, 6.07) is 5.05. The molecule has 1 aromatic carbocycles. The Hall–Kier alpha value is -1.88. The standard InChI is InChI=1S/C25H31BrN4/c1-6-19-9-10-20-16(4)27-24-23(22-15(3)11-14(2)12-21(22)26)17(5)28-30(24)25(20)29(19)13-18-7-8-18/h11-12,18-19H,6-10,13H2,1-5H3. The van der Waals surface area contributed by atoms with Crippen LogP contribution in [-0.4, -0.2) is 27.2 Å². The number of aryl methyl sites for hydroxylation is 4. The predicted molar refractivity (Wildman–Crippen MR) is 128 cm³/mol. The van der Waals surface area contributed by atoms with Gasteiger partial charge in [0.1, 0.15) is 5.82 Å². The number of aromatic nitrogens is 3. The van der Waals surface area contributed by atoms with E-state index in [-0.39, 0.29) is 0 Å². The maximum atomic E-state index is 5.12. The Kier molecular flexibility index (Phi) is 4.92. The Labute approximate surface area is 187 Å². The number of halogens is 1. The number of rotatable bonds is 4. The number of benzene rings is 1. The minimum atomic E-state index is 0.601. The van der Waals surface area contributed by atoms with Gasteiger partial charge in [-0.15, -0.1) is 0 Å². The fraction of sp³-hybridized carbons (Fsp3) is 0.520. The molecule has 158 valence electrons. The highest BCUT2D eigenvalue weighted by Gasteiger charge is 2.35. The van der Waals surface area contributed by atoms with Gasteiger partial charge in [-0.05, 0) is 82.9 Å². The molecule has 3 heterocycles. The number of anilines is 1. The smallest absolute Gasteiger partial charge is 0.165 e. The molecule has 3 aromatic rings. The lowest BCUT2D eigenvalue weighted by Crippen LogP contribution is -2.42. The summed E-state index contributed by atoms with van der Waals surface area (Å²) in [5.41, 5.74) is 9.50. The van der Waals surface area contributed by atoms with E-state index in [0.717, 1.165) is 46.0 Å². The summed E-state index contributed by atoms with van der Waals surface area (Å²) >= 11 is 3.83. The van der Waals surface area contributed by atoms with Gasteiger partial charge in [0.25, 0.3) is 0 Å². The van der Waals surface area contributed by atoms with Crippen LogP contribution >= 0.6 is 15.9 Å². The highest BCUT2D eigenvalue weighted by atomic mass is 79.9. The van der Waals surface area contributed by atoms with E-state index in [1.165, 1.54) is 53.8 Å². The van der Waals surface area contributed by atoms with Crippen molar-refractivity contribution in [1.82, 2.24) is 14.6 Å². The van der Waals surface area contributed by atoms with Crippen molar-refractivity contribution in [3.63, 3.8) is 0 Å². The van der Waals surface area contributed by atoms with Crippen LogP contribution in [0, 0.1) is 33.6 Å². The molecule has 30 heavy (non-hydrogen) atoms. The normalized spacial score (nSPS) is 18.9. The SMILES string of the molecule is CCC1CCc2c(C)nc3c(-c4c(C)cc(C)cc4Br)c(C)nn3c2N1CC1CC1. The van der Waals surface area contributed by atoms with Gasteiger partial charge in [-0.2, -0.15) is 9.61 Å². The third kappa shape index (κ3) is 3.17. The maximum Gasteiger partial charge on any atom is 0.165 e. The van der Waals surface area contributed by atoms with Gasteiger partial charge in [-0.3, -0.25) is 0 Å². The fourth-order valence-electron chi connectivity index (χ4n) is 5.27. The second-order valence-corrected chi connectivity index (χ2v) is 10.2. The van der Waals surface area contributed by atoms with Crippen LogP contribution in [0.3, 0.4) is 0 Å². The van der Waals surface area contributed by atoms with Crippen LogP contribution in [0.5, 0.6) is 0 Å². The number of hydrogen-bond acceptors (Lipinski definition) is 3. The third-order valence-electron chi connectivity index (χ3n) is 6.96. The van der Waals surface area contributed by atoms with Crippen LogP contribution in [0.25, 0.3) is 16.8 Å². The van der Waals surface area contributed by atoms with E-state index in [1.807, 2.05) is 0 Å². The molecule has 1 aliphatic heterocycles. The summed E-state index contributed by atoms with van der Waals surface area (Å²) in [7, 11) is 0. The molecule has 0 saturated heterocycles. The van der Waals surface area contributed by atoms with Crippen molar-refractivity contribution >= 4 is 27.4 Å². The van der Waals surface area contributed by atoms with E-state index in [0.29, 0.717) is 6.04 Å². The first-order valence-corrected chi connectivity index (χ1v) is 12.1. The lowest BCUT2D eigenvalue weighted by atomic mass is 9.95. The van der Waals surface area contributed by atoms with Crippen LogP contribution in [0.4, 0.5) is 5.82 Å². The molecule has 0 amide bonds. The first kappa shape index (κ1) is 20.0. The molecule has 1 unspecified atom stereocenters. The molecule has 0 N–H and O–H groups in total. The van der Waals surface area contributed by atoms with Gasteiger partial charge in [0.15, 0.2) is 5.65 Å². The van der Waals surface area contributed by atoms with Crippen molar-refractivity contribution in [2.75, 3.05) is 11.4 Å². The van der Waals surface area contributed by atoms with Crippen LogP contribution in [-0.2, 0) is 6.42 Å². The van der Waals surface area contributed by atoms with Gasteiger partial charge in [-0.25, -0.2) is 4.98 Å². The first-order chi connectivity index (χ1) is 14.4. The third-order valence-corrected chi connectivity index (χ3v) is 7.59. The zero-order valence-electron chi connectivity index (χ0n) is 18.7. The quantitative estimate of drug-likeness (QED) is 0.449. The highest BCUT2D eigenvalue weighted by Crippen LogP contribution is 2.42. The van der Waals surface area contributed by atoms with E-state index in [9.17, 15) is 0 Å². The van der Waals surface area contributed by atoms with Crippen molar-refractivity contribution in [2.24, 2.45) is 5.92 Å². The second-order valence-electron chi connectivity index (χ2n) is 9.33. The molecule has 2 aliphatic rings. The molecule has 5 rings (SSSR count). The van der Waals surface area contributed by atoms with Crippen LogP contribution in [0.2, 0.25) is 0 Å². The van der Waals surface area contributed by atoms with Crippen molar-refractivity contribution in [3.05, 3.63) is 44.7 Å². The molecule has 0 radical (unpaired) electrons. The van der Waals surface area contributed by atoms with E-state index in [1.54, 1.807) is 0 Å². The molecule has 1 atom stereocenters. The van der Waals surface area contributed by atoms with E-state index >= 15 is 0 Å². The Morgan fingerprint density at radius 3 is 2.47 bits per heavy atom. The average Bonchev–Trinajstić information content (AvgIpc) is 3.45. The molecule has 2 aromatic heterocycles. The minimum absolute atomic E-state index is 0.601. The zero-order valence-corrected chi connectivity index (χ0v) is 20.3. The molecule has 0 bridgehead atoms. The summed E-state index contributed by atoms with van der Waals surface area (Å²) < 4.78 is 3.29. The topological polar surface area (TPSA) is 33.4 Å². The monoisotopic (exact) mass is 466 g/mol. The van der Waals surface area contributed by atoms with E-state index < -0.39 is 0 Å². The molecule has 1 fully saturated rings. The van der Waals surface area contributed by atoms with Gasteiger partial charge < -0.3 is 4.90 Å². The Morgan fingerprint density at radius 1 is 1.03 bits per heavy atom. The summed E-state index contributed by atoms with van der Waals surface area (Å²) in [6.45, 7) is 12.1. The Bertz CT molecular complexity index is 1120. The van der Waals surface area contributed by atoms with Crippen molar-refractivity contribution < 1.29 is 0 Å². The minimum Gasteiger partial charge on any atom is -0.353 e. The van der Waals surface area contributed by atoms with Crippen molar-refractivity contribution in [1.29, 1.82) is 0 Å². The molecule has 0 spiro atoms. The second kappa shape index (κ2) is 7.37. The van der Waals surface area contributed by atoms with E-state index in [2.05, 4.69) is 72.1 Å². The zero-order chi connectivity index (χ0) is 21.2. The van der Waals surface area contributed by atoms with Crippen LogP contribution in [0.15, 0.2) is 16.6 Å². The summed E-state index contributed by atoms with van der Waals surface area (Å²) in [5.74, 6) is 2.15. The van der Waals surface area contributed by atoms with Crippen molar-refractivity contribution in [3.8, 4) is 11.1 Å². The number of hydrogen-bond donors (Lipinski definition) is 0. The van der Waals surface area contributed by atoms with Crippen molar-refractivity contribution in [2.45, 2.75) is 72.8 Å². The van der Waals surface area contributed by atoms with Gasteiger partial charge in [0, 0.05) is 33.9 Å². The fourth-order valence-corrected chi connectivity index (χ4v) is 6.15. The van der Waals surface area contributed by atoms with E-state index in [4.69, 9.17) is 10.1 Å². The van der Waals surface area contributed by atoms with Crippen LogP contribution in [0.1, 0.15) is 60.7 Å². The number of fused-ring (bicyclic) bond motifs is 3. The maximum absolute atomic E-state index is 5.12. The summed E-state index contributed by atoms with van der Waals surface area (Å²) in [4.78, 5) is 7.80. The lowest BCUT2D eigenvalue weighted by molar-refractivity contribution is 0.487. The van der Waals surface area contributed by atoms with Gasteiger partial charge >= 0.3 is 0 Å². The molecule has 1 aliphatic carbocycles. The molecule has 1 saturated carbocycles. The van der Waals surface area contributed by atoms with Crippen LogP contribution < -0.4 is 4.90 Å². The average molecular weight is 467 g/mol. The molecule has 5 heteroatoms. The molecule has 4 nitrogen and oxygen atoms in total. The predicted octanol–water partition coefficient (Wildman–Crippen LogP) is 6.33. The molecular weight excluding hydrogens is 436 g/mol. The highest BCUT2D eigenvalue weighted by molar-refractivity contribution is 9.10. The molecular formula is C25H31BrN4. The Morgan fingerprint density at radius 2 is 1.80 bits per heavy atom. The number of nitrogens with zero attached hydrogens (tertiary/aromatic N) is 4. The summed E-state index contributed by atoms with van der Waals surface area (Å²) in [5, 5.41) is 5.09. The van der Waals surface area contributed by atoms with Gasteiger partial charge in [0.2, 0.25) is 0 Å². The summed E-state index contributed by atoms with van der Waals surface area (Å²) in [6.07, 6.45) is 6.25. The Balaban J connectivity index is 1.78. The van der Waals surface area contributed by atoms with Gasteiger partial charge in [-0.1, -0.05) is 28.9 Å². The lowest BCUT2D eigenvalue weighted by Gasteiger charge is -2.39. The van der Waals surface area contributed by atoms with Gasteiger partial charge in [0.05, 0.1) is 11.3 Å².